The van der Waals surface area contributed by atoms with Crippen LogP contribution >= 0.6 is 0 Å². The lowest BCUT2D eigenvalue weighted by Crippen LogP contribution is -2.55. The molecular weight excluding hydrogens is 258 g/mol. The Morgan fingerprint density at radius 3 is 2.48 bits per heavy atom. The second-order valence-electron chi connectivity index (χ2n) is 7.66. The molecule has 0 amide bonds. The quantitative estimate of drug-likeness (QED) is 0.863. The summed E-state index contributed by atoms with van der Waals surface area (Å²) in [4.78, 5) is 5.54. The third-order valence-electron chi connectivity index (χ3n) is 6.05. The van der Waals surface area contributed by atoms with E-state index in [1.165, 1.54) is 97.1 Å². The lowest BCUT2D eigenvalue weighted by Gasteiger charge is -2.44. The van der Waals surface area contributed by atoms with Crippen molar-refractivity contribution >= 4 is 0 Å². The third-order valence-corrected chi connectivity index (χ3v) is 6.05. The first-order valence-corrected chi connectivity index (χ1v) is 9.53. The lowest BCUT2D eigenvalue weighted by molar-refractivity contribution is 0.0801. The SMILES string of the molecule is CCCN1CCC(N2CCCNC3(CCCCC3)C2)CC1. The van der Waals surface area contributed by atoms with Gasteiger partial charge in [0.2, 0.25) is 0 Å². The van der Waals surface area contributed by atoms with Crippen LogP contribution in [0, 0.1) is 0 Å². The van der Waals surface area contributed by atoms with Gasteiger partial charge in [-0.2, -0.15) is 0 Å². The largest absolute Gasteiger partial charge is 0.310 e. The Balaban J connectivity index is 1.56. The van der Waals surface area contributed by atoms with Crippen LogP contribution < -0.4 is 5.32 Å². The Morgan fingerprint density at radius 2 is 1.76 bits per heavy atom. The van der Waals surface area contributed by atoms with Crippen molar-refractivity contribution in [2.24, 2.45) is 0 Å². The van der Waals surface area contributed by atoms with Crippen LogP contribution in [0.15, 0.2) is 0 Å². The Bertz CT molecular complexity index is 304. The van der Waals surface area contributed by atoms with Crippen LogP contribution in [0.3, 0.4) is 0 Å². The second-order valence-corrected chi connectivity index (χ2v) is 7.66. The summed E-state index contributed by atoms with van der Waals surface area (Å²) in [6.45, 7) is 10.2. The highest BCUT2D eigenvalue weighted by atomic mass is 15.2. The van der Waals surface area contributed by atoms with E-state index in [0.717, 1.165) is 6.04 Å². The van der Waals surface area contributed by atoms with Crippen LogP contribution in [-0.4, -0.2) is 60.6 Å². The highest BCUT2D eigenvalue weighted by Crippen LogP contribution is 2.32. The zero-order valence-corrected chi connectivity index (χ0v) is 14.1. The fraction of sp³-hybridized carbons (Fsp3) is 1.00. The Hall–Kier alpha value is -0.120. The van der Waals surface area contributed by atoms with Gasteiger partial charge in [-0.15, -0.1) is 0 Å². The molecule has 0 aromatic carbocycles. The van der Waals surface area contributed by atoms with E-state index in [2.05, 4.69) is 22.0 Å². The fourth-order valence-electron chi connectivity index (χ4n) is 4.86. The smallest absolute Gasteiger partial charge is 0.0308 e. The van der Waals surface area contributed by atoms with Gasteiger partial charge in [-0.05, 0) is 71.2 Å². The molecule has 0 aromatic rings. The second kappa shape index (κ2) is 7.43. The summed E-state index contributed by atoms with van der Waals surface area (Å²) in [5.41, 5.74) is 0.468. The Labute approximate surface area is 131 Å². The fourth-order valence-corrected chi connectivity index (χ4v) is 4.86. The van der Waals surface area contributed by atoms with E-state index in [1.54, 1.807) is 0 Å². The van der Waals surface area contributed by atoms with Crippen LogP contribution in [-0.2, 0) is 0 Å². The Kier molecular flexibility index (Phi) is 5.58. The molecule has 0 aromatic heterocycles. The van der Waals surface area contributed by atoms with Crippen molar-refractivity contribution in [1.29, 1.82) is 0 Å². The van der Waals surface area contributed by atoms with Gasteiger partial charge in [-0.1, -0.05) is 26.2 Å². The third kappa shape index (κ3) is 4.00. The van der Waals surface area contributed by atoms with Gasteiger partial charge in [0.25, 0.3) is 0 Å². The van der Waals surface area contributed by atoms with Gasteiger partial charge in [0.1, 0.15) is 0 Å². The normalized spacial score (nSPS) is 29.6. The van der Waals surface area contributed by atoms with Gasteiger partial charge in [0, 0.05) is 18.1 Å². The summed E-state index contributed by atoms with van der Waals surface area (Å²) in [5, 5.41) is 3.94. The number of nitrogens with one attached hydrogen (secondary N) is 1. The van der Waals surface area contributed by atoms with Crippen LogP contribution in [0.1, 0.15) is 64.7 Å². The van der Waals surface area contributed by atoms with E-state index in [9.17, 15) is 0 Å². The molecule has 1 saturated carbocycles. The maximum Gasteiger partial charge on any atom is 0.0308 e. The summed E-state index contributed by atoms with van der Waals surface area (Å²) in [6.07, 6.45) is 12.6. The van der Waals surface area contributed by atoms with E-state index in [4.69, 9.17) is 0 Å². The lowest BCUT2D eigenvalue weighted by atomic mass is 9.81. The van der Waals surface area contributed by atoms with E-state index in [1.807, 2.05) is 0 Å². The highest BCUT2D eigenvalue weighted by molar-refractivity contribution is 4.97. The zero-order valence-electron chi connectivity index (χ0n) is 14.1. The average Bonchev–Trinajstić information content (AvgIpc) is 2.72. The van der Waals surface area contributed by atoms with Crippen molar-refractivity contribution in [3.63, 3.8) is 0 Å². The van der Waals surface area contributed by atoms with Crippen LogP contribution in [0.2, 0.25) is 0 Å². The number of hydrogen-bond acceptors (Lipinski definition) is 3. The first-order valence-electron chi connectivity index (χ1n) is 9.53. The van der Waals surface area contributed by atoms with Gasteiger partial charge in [-0.3, -0.25) is 4.90 Å². The van der Waals surface area contributed by atoms with Crippen molar-refractivity contribution < 1.29 is 0 Å². The molecule has 2 saturated heterocycles. The molecule has 21 heavy (non-hydrogen) atoms. The standard InChI is InChI=1S/C18H35N3/c1-2-12-20-14-7-17(8-15-20)21-13-6-11-19-18(16-21)9-4-3-5-10-18/h17,19H,2-16H2,1H3. The molecule has 2 aliphatic heterocycles. The maximum atomic E-state index is 3.94. The molecule has 2 heterocycles. The summed E-state index contributed by atoms with van der Waals surface area (Å²) < 4.78 is 0. The van der Waals surface area contributed by atoms with Crippen molar-refractivity contribution in [2.75, 3.05) is 39.3 Å². The number of rotatable bonds is 3. The molecule has 3 nitrogen and oxygen atoms in total. The predicted octanol–water partition coefficient (Wildman–Crippen LogP) is 2.86. The zero-order chi connectivity index (χ0) is 14.5. The van der Waals surface area contributed by atoms with Crippen molar-refractivity contribution in [2.45, 2.75) is 76.3 Å². The summed E-state index contributed by atoms with van der Waals surface area (Å²) in [7, 11) is 0. The molecule has 3 rings (SSSR count). The minimum Gasteiger partial charge on any atom is -0.310 e. The average molecular weight is 293 g/mol. The first-order chi connectivity index (χ1) is 10.3. The van der Waals surface area contributed by atoms with Gasteiger partial charge < -0.3 is 10.2 Å². The van der Waals surface area contributed by atoms with Gasteiger partial charge in [-0.25, -0.2) is 0 Å². The molecule has 0 radical (unpaired) electrons. The van der Waals surface area contributed by atoms with Gasteiger partial charge in [0.15, 0.2) is 0 Å². The van der Waals surface area contributed by atoms with Crippen molar-refractivity contribution in [3.05, 3.63) is 0 Å². The molecule has 1 aliphatic carbocycles. The molecule has 3 aliphatic rings. The monoisotopic (exact) mass is 293 g/mol. The number of hydrogen-bond donors (Lipinski definition) is 1. The molecule has 0 bridgehead atoms. The maximum absolute atomic E-state index is 3.94. The number of nitrogens with zero attached hydrogens (tertiary/aromatic N) is 2. The molecule has 1 N–H and O–H groups in total. The number of likely N-dealkylation sites (tertiary alicyclic amines) is 1. The van der Waals surface area contributed by atoms with Gasteiger partial charge >= 0.3 is 0 Å². The Morgan fingerprint density at radius 1 is 1.00 bits per heavy atom. The van der Waals surface area contributed by atoms with E-state index < -0.39 is 0 Å². The minimum atomic E-state index is 0.468. The topological polar surface area (TPSA) is 18.5 Å². The van der Waals surface area contributed by atoms with Crippen molar-refractivity contribution in [3.8, 4) is 0 Å². The summed E-state index contributed by atoms with van der Waals surface area (Å²) in [6, 6.07) is 0.858. The van der Waals surface area contributed by atoms with E-state index >= 15 is 0 Å². The molecule has 1 spiro atoms. The molecule has 0 atom stereocenters. The van der Waals surface area contributed by atoms with Crippen LogP contribution in [0.4, 0.5) is 0 Å². The molecule has 0 unspecified atom stereocenters. The van der Waals surface area contributed by atoms with E-state index in [0.29, 0.717) is 5.54 Å². The summed E-state index contributed by atoms with van der Waals surface area (Å²) >= 11 is 0. The minimum absolute atomic E-state index is 0.468. The molecule has 3 fully saturated rings. The van der Waals surface area contributed by atoms with Crippen molar-refractivity contribution in [1.82, 2.24) is 15.1 Å². The number of piperidine rings is 1. The first kappa shape index (κ1) is 15.8. The van der Waals surface area contributed by atoms with E-state index in [-0.39, 0.29) is 0 Å². The highest BCUT2D eigenvalue weighted by Gasteiger charge is 2.37. The van der Waals surface area contributed by atoms with Crippen LogP contribution in [0.25, 0.3) is 0 Å². The molecule has 3 heteroatoms. The predicted molar refractivity (Wildman–Crippen MR) is 89.8 cm³/mol. The van der Waals surface area contributed by atoms with Crippen LogP contribution in [0.5, 0.6) is 0 Å². The summed E-state index contributed by atoms with van der Waals surface area (Å²) in [5.74, 6) is 0. The molecule has 122 valence electrons. The molecular formula is C18H35N3. The van der Waals surface area contributed by atoms with Gasteiger partial charge in [0.05, 0.1) is 0 Å².